The van der Waals surface area contributed by atoms with E-state index in [1.807, 2.05) is 36.6 Å². The minimum Gasteiger partial charge on any atom is -0.264 e. The molecule has 0 saturated carbocycles. The molecule has 0 saturated heterocycles. The Labute approximate surface area is 148 Å². The van der Waals surface area contributed by atoms with Crippen LogP contribution in [-0.4, -0.2) is 9.97 Å². The van der Waals surface area contributed by atoms with Crippen LogP contribution in [0.1, 0.15) is 22.4 Å². The van der Waals surface area contributed by atoms with E-state index in [4.69, 9.17) is 0 Å². The number of thiophene rings is 1. The van der Waals surface area contributed by atoms with Crippen LogP contribution in [0.3, 0.4) is 0 Å². The first-order valence-corrected chi connectivity index (χ1v) is 9.01. The van der Waals surface area contributed by atoms with E-state index >= 15 is 0 Å². The fraction of sp³-hybridized carbons (Fsp3) is 0.111. The molecule has 0 aliphatic rings. The highest BCUT2D eigenvalue weighted by molar-refractivity contribution is 7.98. The van der Waals surface area contributed by atoms with Crippen LogP contribution in [0.15, 0.2) is 47.1 Å². The van der Waals surface area contributed by atoms with Crippen LogP contribution < -0.4 is 0 Å². The van der Waals surface area contributed by atoms with Crippen LogP contribution in [0.5, 0.6) is 0 Å². The summed E-state index contributed by atoms with van der Waals surface area (Å²) < 4.78 is 0. The summed E-state index contributed by atoms with van der Waals surface area (Å²) in [4.78, 5) is 9.52. The largest absolute Gasteiger partial charge is 0.264 e. The van der Waals surface area contributed by atoms with E-state index in [1.54, 1.807) is 12.4 Å². The third-order valence-corrected chi connectivity index (χ3v) is 5.37. The number of thioether (sulfide) groups is 1. The molecule has 0 aliphatic heterocycles. The normalized spacial score (nSPS) is 10.1. The van der Waals surface area contributed by atoms with E-state index in [0.717, 1.165) is 10.4 Å². The van der Waals surface area contributed by atoms with Gasteiger partial charge < -0.3 is 0 Å². The molecule has 0 atom stereocenters. The van der Waals surface area contributed by atoms with Crippen molar-refractivity contribution in [1.82, 2.24) is 9.97 Å². The second-order valence-electron chi connectivity index (χ2n) is 4.98. The first-order valence-electron chi connectivity index (χ1n) is 7.15. The highest BCUT2D eigenvalue weighted by Gasteiger charge is 2.20. The lowest BCUT2D eigenvalue weighted by molar-refractivity contribution is 1.04. The van der Waals surface area contributed by atoms with Gasteiger partial charge in [0.1, 0.15) is 17.2 Å². The summed E-state index contributed by atoms with van der Waals surface area (Å²) in [6.07, 6.45) is 3.53. The fourth-order valence-corrected chi connectivity index (χ4v) is 4.07. The molecule has 0 amide bonds. The third kappa shape index (κ3) is 3.16. The molecule has 4 nitrogen and oxygen atoms in total. The quantitative estimate of drug-likeness (QED) is 0.647. The number of rotatable bonds is 4. The highest BCUT2D eigenvalue weighted by Crippen LogP contribution is 2.37. The van der Waals surface area contributed by atoms with Gasteiger partial charge in [-0.2, -0.15) is 10.5 Å². The van der Waals surface area contributed by atoms with Gasteiger partial charge in [-0.3, -0.25) is 4.98 Å². The Balaban J connectivity index is 2.08. The Morgan fingerprint density at radius 2 is 2.00 bits per heavy atom. The average Bonchev–Trinajstić information content (AvgIpc) is 3.14. The molecule has 0 fully saturated rings. The van der Waals surface area contributed by atoms with Gasteiger partial charge in [0.15, 0.2) is 0 Å². The van der Waals surface area contributed by atoms with Crippen LogP contribution in [0.2, 0.25) is 0 Å². The van der Waals surface area contributed by atoms with Gasteiger partial charge in [0.05, 0.1) is 16.8 Å². The average molecular weight is 348 g/mol. The first-order chi connectivity index (χ1) is 11.7. The van der Waals surface area contributed by atoms with Crippen molar-refractivity contribution in [2.75, 3.05) is 0 Å². The predicted molar refractivity (Wildman–Crippen MR) is 95.5 cm³/mol. The number of nitriles is 2. The molecule has 24 heavy (non-hydrogen) atoms. The highest BCUT2D eigenvalue weighted by atomic mass is 32.2. The monoisotopic (exact) mass is 348 g/mol. The Bertz CT molecular complexity index is 936. The zero-order chi connectivity index (χ0) is 16.9. The van der Waals surface area contributed by atoms with E-state index in [2.05, 4.69) is 22.1 Å². The van der Waals surface area contributed by atoms with Crippen molar-refractivity contribution in [3.05, 3.63) is 64.4 Å². The standard InChI is InChI=1S/C18H12N4S2/c1-12-14(8-19)17(16-5-3-7-23-16)15(9-20)18(22-12)24-11-13-4-2-6-21-10-13/h2-7,10H,11H2,1H3. The maximum atomic E-state index is 9.69. The van der Waals surface area contributed by atoms with Gasteiger partial charge in [0.2, 0.25) is 0 Å². The smallest absolute Gasteiger partial charge is 0.115 e. The molecule has 3 rings (SSSR count). The minimum atomic E-state index is 0.466. The first kappa shape index (κ1) is 16.2. The lowest BCUT2D eigenvalue weighted by atomic mass is 10.0. The number of hydrogen-bond donors (Lipinski definition) is 0. The van der Waals surface area contributed by atoms with Crippen LogP contribution in [0.25, 0.3) is 10.4 Å². The molecule has 3 heterocycles. The molecule has 116 valence electrons. The molecule has 0 bridgehead atoms. The summed E-state index contributed by atoms with van der Waals surface area (Å²) in [5.41, 5.74) is 3.34. The van der Waals surface area contributed by atoms with Crippen molar-refractivity contribution < 1.29 is 0 Å². The summed E-state index contributed by atoms with van der Waals surface area (Å²) in [6, 6.07) is 12.2. The molecule has 0 radical (unpaired) electrons. The molecular formula is C18H12N4S2. The molecule has 0 spiro atoms. The molecule has 0 N–H and O–H groups in total. The summed E-state index contributed by atoms with van der Waals surface area (Å²) in [5, 5.41) is 21.8. The van der Waals surface area contributed by atoms with E-state index in [1.165, 1.54) is 23.1 Å². The second-order valence-corrected chi connectivity index (χ2v) is 6.89. The van der Waals surface area contributed by atoms with E-state index in [0.29, 0.717) is 33.2 Å². The van der Waals surface area contributed by atoms with Crippen molar-refractivity contribution >= 4 is 23.1 Å². The van der Waals surface area contributed by atoms with Gasteiger partial charge in [-0.25, -0.2) is 4.98 Å². The Hall–Kier alpha value is -2.67. The summed E-state index contributed by atoms with van der Waals surface area (Å²) >= 11 is 3.01. The van der Waals surface area contributed by atoms with Crippen LogP contribution in [0.4, 0.5) is 0 Å². The molecule has 3 aromatic heterocycles. The Morgan fingerprint density at radius 1 is 1.17 bits per heavy atom. The van der Waals surface area contributed by atoms with Gasteiger partial charge in [-0.15, -0.1) is 23.1 Å². The van der Waals surface area contributed by atoms with E-state index in [-0.39, 0.29) is 0 Å². The van der Waals surface area contributed by atoms with Crippen molar-refractivity contribution in [2.24, 2.45) is 0 Å². The minimum absolute atomic E-state index is 0.466. The third-order valence-electron chi connectivity index (χ3n) is 3.43. The van der Waals surface area contributed by atoms with Crippen LogP contribution >= 0.6 is 23.1 Å². The van der Waals surface area contributed by atoms with Crippen molar-refractivity contribution in [2.45, 2.75) is 17.7 Å². The molecule has 6 heteroatoms. The zero-order valence-electron chi connectivity index (χ0n) is 12.9. The zero-order valence-corrected chi connectivity index (χ0v) is 14.5. The molecule has 0 aromatic carbocycles. The van der Waals surface area contributed by atoms with Crippen molar-refractivity contribution in [3.63, 3.8) is 0 Å². The summed E-state index contributed by atoms with van der Waals surface area (Å²) in [7, 11) is 0. The number of aryl methyl sites for hydroxylation is 1. The SMILES string of the molecule is Cc1nc(SCc2cccnc2)c(C#N)c(-c2cccs2)c1C#N. The molecule has 3 aromatic rings. The second kappa shape index (κ2) is 7.27. The molecular weight excluding hydrogens is 336 g/mol. The topological polar surface area (TPSA) is 73.4 Å². The van der Waals surface area contributed by atoms with Gasteiger partial charge in [-0.05, 0) is 30.0 Å². The van der Waals surface area contributed by atoms with Crippen LogP contribution in [0, 0.1) is 29.6 Å². The molecule has 0 aliphatic carbocycles. The Kier molecular flexibility index (Phi) is 4.90. The van der Waals surface area contributed by atoms with Gasteiger partial charge in [0.25, 0.3) is 0 Å². The molecule has 0 unspecified atom stereocenters. The number of aromatic nitrogens is 2. The van der Waals surface area contributed by atoms with Gasteiger partial charge >= 0.3 is 0 Å². The van der Waals surface area contributed by atoms with Crippen LogP contribution in [-0.2, 0) is 5.75 Å². The van der Waals surface area contributed by atoms with E-state index < -0.39 is 0 Å². The Morgan fingerprint density at radius 3 is 2.62 bits per heavy atom. The number of hydrogen-bond acceptors (Lipinski definition) is 6. The summed E-state index contributed by atoms with van der Waals surface area (Å²) in [5.74, 6) is 0.671. The van der Waals surface area contributed by atoms with Crippen molar-refractivity contribution in [3.8, 4) is 22.6 Å². The predicted octanol–water partition coefficient (Wildman–Crippen LogP) is 4.55. The lowest BCUT2D eigenvalue weighted by Crippen LogP contribution is -2.00. The summed E-state index contributed by atoms with van der Waals surface area (Å²) in [6.45, 7) is 1.81. The number of pyridine rings is 2. The van der Waals surface area contributed by atoms with Crippen molar-refractivity contribution in [1.29, 1.82) is 10.5 Å². The maximum absolute atomic E-state index is 9.69. The van der Waals surface area contributed by atoms with Gasteiger partial charge in [0, 0.05) is 28.6 Å². The fourth-order valence-electron chi connectivity index (χ4n) is 2.32. The lowest BCUT2D eigenvalue weighted by Gasteiger charge is -2.11. The number of nitrogens with zero attached hydrogens (tertiary/aromatic N) is 4. The maximum Gasteiger partial charge on any atom is 0.115 e. The van der Waals surface area contributed by atoms with E-state index in [9.17, 15) is 10.5 Å². The van der Waals surface area contributed by atoms with Gasteiger partial charge in [-0.1, -0.05) is 12.1 Å².